The second-order valence-corrected chi connectivity index (χ2v) is 4.80. The summed E-state index contributed by atoms with van der Waals surface area (Å²) < 4.78 is 18.1. The van der Waals surface area contributed by atoms with Gasteiger partial charge in [0.15, 0.2) is 11.2 Å². The van der Waals surface area contributed by atoms with Crippen LogP contribution in [0.4, 0.5) is 5.95 Å². The van der Waals surface area contributed by atoms with Crippen molar-refractivity contribution in [1.82, 2.24) is 19.5 Å². The van der Waals surface area contributed by atoms with Crippen molar-refractivity contribution in [3.63, 3.8) is 0 Å². The third kappa shape index (κ3) is 1.97. The zero-order chi connectivity index (χ0) is 14.2. The maximum absolute atomic E-state index is 6.00. The zero-order valence-electron chi connectivity index (χ0n) is 11.5. The maximum Gasteiger partial charge on any atom is 0.245 e. The fraction of sp³-hybridized carbons (Fsp3) is 0.583. The highest BCUT2D eigenvalue weighted by Gasteiger charge is 2.36. The number of methoxy groups -OCH3 is 2. The van der Waals surface area contributed by atoms with Gasteiger partial charge in [-0.05, 0) is 0 Å². The minimum Gasteiger partial charge on any atom is -0.479 e. The molecule has 0 aromatic carbocycles. The van der Waals surface area contributed by atoms with Gasteiger partial charge in [0.2, 0.25) is 11.8 Å². The fourth-order valence-corrected chi connectivity index (χ4v) is 2.46. The van der Waals surface area contributed by atoms with Gasteiger partial charge < -0.3 is 19.9 Å². The molecule has 2 aromatic heterocycles. The van der Waals surface area contributed by atoms with E-state index in [1.807, 2.05) is 4.57 Å². The molecule has 20 heavy (non-hydrogen) atoms. The monoisotopic (exact) mass is 279 g/mol. The smallest absolute Gasteiger partial charge is 0.245 e. The van der Waals surface area contributed by atoms with E-state index in [0.717, 1.165) is 6.42 Å². The Morgan fingerprint density at radius 1 is 1.45 bits per heavy atom. The molecule has 3 rings (SSSR count). The molecule has 2 N–H and O–H groups in total. The molecule has 1 aliphatic rings. The molecule has 3 heterocycles. The van der Waals surface area contributed by atoms with Gasteiger partial charge in [-0.3, -0.25) is 4.57 Å². The standard InChI is InChI=1S/C12H17N5O3/c1-18-10-8-9(14-7-15-10)17(11(13)16-8)5-12(19-2)3-4-20-6-12/h7H,3-6H2,1-2H3,(H2,13,16). The normalized spacial score (nSPS) is 22.5. The van der Waals surface area contributed by atoms with Crippen LogP contribution in [0.3, 0.4) is 0 Å². The number of ether oxygens (including phenoxy) is 3. The van der Waals surface area contributed by atoms with E-state index in [1.165, 1.54) is 6.33 Å². The minimum atomic E-state index is -0.389. The van der Waals surface area contributed by atoms with Crippen molar-refractivity contribution in [3.05, 3.63) is 6.33 Å². The lowest BCUT2D eigenvalue weighted by Crippen LogP contribution is -2.37. The molecule has 8 heteroatoms. The molecule has 1 atom stereocenters. The largest absolute Gasteiger partial charge is 0.479 e. The van der Waals surface area contributed by atoms with Crippen LogP contribution in [0.1, 0.15) is 6.42 Å². The Morgan fingerprint density at radius 2 is 2.30 bits per heavy atom. The topological polar surface area (TPSA) is 97.3 Å². The Bertz CT molecular complexity index is 621. The molecule has 1 unspecified atom stereocenters. The van der Waals surface area contributed by atoms with Gasteiger partial charge in [-0.15, -0.1) is 0 Å². The van der Waals surface area contributed by atoms with Crippen LogP contribution in [0.15, 0.2) is 6.33 Å². The summed E-state index contributed by atoms with van der Waals surface area (Å²) in [7, 11) is 3.22. The second kappa shape index (κ2) is 4.88. The number of fused-ring (bicyclic) bond motifs is 1. The molecule has 0 radical (unpaired) electrons. The van der Waals surface area contributed by atoms with Crippen LogP contribution in [0.5, 0.6) is 5.88 Å². The highest BCUT2D eigenvalue weighted by atomic mass is 16.5. The van der Waals surface area contributed by atoms with Gasteiger partial charge >= 0.3 is 0 Å². The van der Waals surface area contributed by atoms with Crippen LogP contribution < -0.4 is 10.5 Å². The number of nitrogens with two attached hydrogens (primary N) is 1. The molecule has 1 saturated heterocycles. The highest BCUT2D eigenvalue weighted by Crippen LogP contribution is 2.29. The van der Waals surface area contributed by atoms with Crippen molar-refractivity contribution in [3.8, 4) is 5.88 Å². The van der Waals surface area contributed by atoms with Gasteiger partial charge in [0, 0.05) is 20.1 Å². The predicted octanol–water partition coefficient (Wildman–Crippen LogP) is 0.223. The van der Waals surface area contributed by atoms with Crippen LogP contribution in [-0.2, 0) is 16.0 Å². The lowest BCUT2D eigenvalue weighted by Gasteiger charge is -2.26. The van der Waals surface area contributed by atoms with Crippen LogP contribution in [-0.4, -0.2) is 52.6 Å². The molecule has 108 valence electrons. The summed E-state index contributed by atoms with van der Waals surface area (Å²) in [5, 5.41) is 0. The Balaban J connectivity index is 2.05. The Kier molecular flexibility index (Phi) is 3.19. The van der Waals surface area contributed by atoms with Gasteiger partial charge in [-0.2, -0.15) is 4.98 Å². The van der Waals surface area contributed by atoms with E-state index in [-0.39, 0.29) is 5.60 Å². The number of imidazole rings is 1. The van der Waals surface area contributed by atoms with E-state index < -0.39 is 0 Å². The second-order valence-electron chi connectivity index (χ2n) is 4.80. The average molecular weight is 279 g/mol. The summed E-state index contributed by atoms with van der Waals surface area (Å²) in [6.45, 7) is 1.75. The fourth-order valence-electron chi connectivity index (χ4n) is 2.46. The average Bonchev–Trinajstić information content (AvgIpc) is 3.05. The van der Waals surface area contributed by atoms with E-state index in [9.17, 15) is 0 Å². The number of anilines is 1. The number of hydrogen-bond donors (Lipinski definition) is 1. The van der Waals surface area contributed by atoms with Gasteiger partial charge in [0.05, 0.1) is 20.3 Å². The van der Waals surface area contributed by atoms with E-state index in [4.69, 9.17) is 19.9 Å². The predicted molar refractivity (Wildman–Crippen MR) is 71.5 cm³/mol. The van der Waals surface area contributed by atoms with Crippen LogP contribution >= 0.6 is 0 Å². The number of nitrogen functional groups attached to an aromatic ring is 1. The van der Waals surface area contributed by atoms with Crippen molar-refractivity contribution in [2.75, 3.05) is 33.2 Å². The number of hydrogen-bond acceptors (Lipinski definition) is 7. The highest BCUT2D eigenvalue weighted by molar-refractivity contribution is 5.78. The summed E-state index contributed by atoms with van der Waals surface area (Å²) in [4.78, 5) is 12.6. The lowest BCUT2D eigenvalue weighted by atomic mass is 10.0. The van der Waals surface area contributed by atoms with Crippen molar-refractivity contribution in [2.45, 2.75) is 18.6 Å². The quantitative estimate of drug-likeness (QED) is 0.855. The van der Waals surface area contributed by atoms with Crippen molar-refractivity contribution in [1.29, 1.82) is 0 Å². The van der Waals surface area contributed by atoms with Gasteiger partial charge in [0.25, 0.3) is 0 Å². The summed E-state index contributed by atoms with van der Waals surface area (Å²) >= 11 is 0. The van der Waals surface area contributed by atoms with E-state index in [1.54, 1.807) is 14.2 Å². The third-order valence-corrected chi connectivity index (χ3v) is 3.67. The van der Waals surface area contributed by atoms with E-state index in [2.05, 4.69) is 15.0 Å². The molecule has 1 fully saturated rings. The number of rotatable bonds is 4. The Hall–Kier alpha value is -1.93. The third-order valence-electron chi connectivity index (χ3n) is 3.67. The maximum atomic E-state index is 6.00. The van der Waals surface area contributed by atoms with Crippen LogP contribution in [0.2, 0.25) is 0 Å². The van der Waals surface area contributed by atoms with E-state index in [0.29, 0.717) is 42.8 Å². The summed E-state index contributed by atoms with van der Waals surface area (Å²) in [6, 6.07) is 0. The molecule has 0 bridgehead atoms. The minimum absolute atomic E-state index is 0.363. The molecule has 1 aliphatic heterocycles. The first-order valence-electron chi connectivity index (χ1n) is 6.33. The van der Waals surface area contributed by atoms with Gasteiger partial charge in [-0.1, -0.05) is 0 Å². The van der Waals surface area contributed by atoms with Gasteiger partial charge in [0.1, 0.15) is 11.9 Å². The Labute approximate surface area is 115 Å². The first-order chi connectivity index (χ1) is 9.69. The first kappa shape index (κ1) is 13.1. The van der Waals surface area contributed by atoms with Crippen molar-refractivity contribution < 1.29 is 14.2 Å². The van der Waals surface area contributed by atoms with E-state index >= 15 is 0 Å². The number of aromatic nitrogens is 4. The molecule has 0 spiro atoms. The molecule has 0 aliphatic carbocycles. The number of nitrogens with zero attached hydrogens (tertiary/aromatic N) is 4. The van der Waals surface area contributed by atoms with Crippen molar-refractivity contribution >= 4 is 17.1 Å². The summed E-state index contributed by atoms with van der Waals surface area (Å²) in [5.41, 5.74) is 6.80. The lowest BCUT2D eigenvalue weighted by molar-refractivity contribution is -0.0284. The van der Waals surface area contributed by atoms with Crippen LogP contribution in [0.25, 0.3) is 11.2 Å². The molecular weight excluding hydrogens is 262 g/mol. The molecule has 8 nitrogen and oxygen atoms in total. The first-order valence-corrected chi connectivity index (χ1v) is 6.33. The summed E-state index contributed by atoms with van der Waals surface area (Å²) in [5.74, 6) is 0.775. The molecule has 0 amide bonds. The van der Waals surface area contributed by atoms with Crippen molar-refractivity contribution in [2.24, 2.45) is 0 Å². The van der Waals surface area contributed by atoms with Crippen LogP contribution in [0, 0.1) is 0 Å². The summed E-state index contributed by atoms with van der Waals surface area (Å²) in [6.07, 6.45) is 2.24. The zero-order valence-corrected chi connectivity index (χ0v) is 11.5. The SMILES string of the molecule is COc1ncnc2c1nc(N)n2CC1(OC)CCOC1. The molecule has 2 aromatic rings. The Morgan fingerprint density at radius 3 is 2.95 bits per heavy atom. The molecule has 0 saturated carbocycles. The van der Waals surface area contributed by atoms with Gasteiger partial charge in [-0.25, -0.2) is 9.97 Å². The molecular formula is C12H17N5O3.